The fraction of sp³-hybridized carbons (Fsp3) is 0.304. The Hall–Kier alpha value is -3.48. The summed E-state index contributed by atoms with van der Waals surface area (Å²) in [5, 5.41) is 2.87. The van der Waals surface area contributed by atoms with Crippen molar-refractivity contribution >= 4 is 12.0 Å². The number of carbonyl (C=O) groups excluding carboxylic acids is 2. The first-order chi connectivity index (χ1) is 14.5. The average Bonchev–Trinajstić information content (AvgIpc) is 2.75. The van der Waals surface area contributed by atoms with Gasteiger partial charge in [-0.25, -0.2) is 9.59 Å². The standard InChI is InChI=1S/C23H26N2O5/c1-5-29-22(26)20-18(14-30-16-12-10-15(2)11-13-16)25(3)23(27)24-21(20)17-8-6-7-9-19(17)28-4/h6-13,21H,5,14H2,1-4H3,(H,24,27). The second kappa shape index (κ2) is 9.35. The second-order valence-corrected chi connectivity index (χ2v) is 6.87. The van der Waals surface area contributed by atoms with Gasteiger partial charge in [0.05, 0.1) is 31.0 Å². The summed E-state index contributed by atoms with van der Waals surface area (Å²) in [6.07, 6.45) is 0. The number of rotatable bonds is 7. The van der Waals surface area contributed by atoms with Gasteiger partial charge >= 0.3 is 12.0 Å². The van der Waals surface area contributed by atoms with Crippen LogP contribution in [0.2, 0.25) is 0 Å². The number of likely N-dealkylation sites (N-methyl/N-ethyl adjacent to an activating group) is 1. The summed E-state index contributed by atoms with van der Waals surface area (Å²) < 4.78 is 16.7. The molecule has 2 aromatic carbocycles. The van der Waals surface area contributed by atoms with E-state index < -0.39 is 12.0 Å². The monoisotopic (exact) mass is 410 g/mol. The number of esters is 1. The molecular weight excluding hydrogens is 384 g/mol. The van der Waals surface area contributed by atoms with Crippen LogP contribution in [0.5, 0.6) is 11.5 Å². The fourth-order valence-corrected chi connectivity index (χ4v) is 3.31. The Balaban J connectivity index is 2.05. The van der Waals surface area contributed by atoms with Crippen molar-refractivity contribution in [1.82, 2.24) is 10.2 Å². The molecule has 1 aliphatic heterocycles. The lowest BCUT2D eigenvalue weighted by atomic mass is 9.94. The molecule has 7 heteroatoms. The van der Waals surface area contributed by atoms with Gasteiger partial charge in [-0.3, -0.25) is 4.90 Å². The molecule has 0 bridgehead atoms. The van der Waals surface area contributed by atoms with Crippen LogP contribution in [0.1, 0.15) is 24.1 Å². The Labute approximate surface area is 176 Å². The van der Waals surface area contributed by atoms with Crippen molar-refractivity contribution in [2.75, 3.05) is 27.4 Å². The number of carbonyl (C=O) groups is 2. The zero-order valence-electron chi connectivity index (χ0n) is 17.6. The maximum Gasteiger partial charge on any atom is 0.338 e. The minimum atomic E-state index is -0.722. The van der Waals surface area contributed by atoms with Crippen LogP contribution in [-0.4, -0.2) is 44.3 Å². The Morgan fingerprint density at radius 3 is 2.50 bits per heavy atom. The number of nitrogens with one attached hydrogen (secondary N) is 1. The van der Waals surface area contributed by atoms with E-state index >= 15 is 0 Å². The number of nitrogens with zero attached hydrogens (tertiary/aromatic N) is 1. The molecule has 0 radical (unpaired) electrons. The Kier molecular flexibility index (Phi) is 6.61. The second-order valence-electron chi connectivity index (χ2n) is 6.87. The van der Waals surface area contributed by atoms with Crippen LogP contribution in [0.3, 0.4) is 0 Å². The number of para-hydroxylation sites is 1. The number of ether oxygens (including phenoxy) is 3. The molecule has 2 amide bonds. The number of aryl methyl sites for hydroxylation is 1. The van der Waals surface area contributed by atoms with Gasteiger partial charge in [-0.15, -0.1) is 0 Å². The van der Waals surface area contributed by atoms with E-state index in [1.807, 2.05) is 49.4 Å². The molecule has 1 heterocycles. The molecule has 0 saturated carbocycles. The Morgan fingerprint density at radius 1 is 1.13 bits per heavy atom. The van der Waals surface area contributed by atoms with Gasteiger partial charge in [0.25, 0.3) is 0 Å². The van der Waals surface area contributed by atoms with Crippen molar-refractivity contribution in [3.05, 3.63) is 70.9 Å². The van der Waals surface area contributed by atoms with Crippen molar-refractivity contribution in [1.29, 1.82) is 0 Å². The molecule has 1 aliphatic rings. The molecule has 158 valence electrons. The number of benzene rings is 2. The zero-order chi connectivity index (χ0) is 21.7. The molecule has 1 unspecified atom stereocenters. The summed E-state index contributed by atoms with van der Waals surface area (Å²) in [7, 11) is 3.14. The van der Waals surface area contributed by atoms with Gasteiger partial charge in [-0.2, -0.15) is 0 Å². The van der Waals surface area contributed by atoms with Crippen molar-refractivity contribution in [2.45, 2.75) is 19.9 Å². The molecule has 30 heavy (non-hydrogen) atoms. The van der Waals surface area contributed by atoms with E-state index in [0.717, 1.165) is 5.56 Å². The quantitative estimate of drug-likeness (QED) is 0.706. The fourth-order valence-electron chi connectivity index (χ4n) is 3.31. The highest BCUT2D eigenvalue weighted by Gasteiger charge is 2.38. The van der Waals surface area contributed by atoms with Gasteiger partial charge in [-0.05, 0) is 32.0 Å². The third kappa shape index (κ3) is 4.40. The van der Waals surface area contributed by atoms with Crippen LogP contribution in [-0.2, 0) is 9.53 Å². The number of urea groups is 1. The highest BCUT2D eigenvalue weighted by atomic mass is 16.5. The van der Waals surface area contributed by atoms with Gasteiger partial charge in [0.1, 0.15) is 18.1 Å². The summed E-state index contributed by atoms with van der Waals surface area (Å²) in [4.78, 5) is 27.0. The zero-order valence-corrected chi connectivity index (χ0v) is 17.6. The smallest absolute Gasteiger partial charge is 0.338 e. The third-order valence-corrected chi connectivity index (χ3v) is 4.92. The first-order valence-corrected chi connectivity index (χ1v) is 9.73. The van der Waals surface area contributed by atoms with Gasteiger partial charge in [-0.1, -0.05) is 35.9 Å². The number of amides is 2. The van der Waals surface area contributed by atoms with E-state index in [2.05, 4.69) is 5.32 Å². The maximum absolute atomic E-state index is 12.9. The number of hydrogen-bond acceptors (Lipinski definition) is 5. The highest BCUT2D eigenvalue weighted by Crippen LogP contribution is 2.35. The molecular formula is C23H26N2O5. The van der Waals surface area contributed by atoms with Crippen LogP contribution in [0.4, 0.5) is 4.79 Å². The van der Waals surface area contributed by atoms with Gasteiger partial charge < -0.3 is 19.5 Å². The van der Waals surface area contributed by atoms with Crippen LogP contribution in [0, 0.1) is 6.92 Å². The topological polar surface area (TPSA) is 77.1 Å². The Morgan fingerprint density at radius 2 is 1.83 bits per heavy atom. The summed E-state index contributed by atoms with van der Waals surface area (Å²) in [5.41, 5.74) is 2.53. The van der Waals surface area contributed by atoms with Gasteiger partial charge in [0, 0.05) is 12.6 Å². The molecule has 0 spiro atoms. The van der Waals surface area contributed by atoms with E-state index in [0.29, 0.717) is 28.3 Å². The minimum absolute atomic E-state index is 0.0345. The van der Waals surface area contributed by atoms with E-state index in [1.54, 1.807) is 27.1 Å². The van der Waals surface area contributed by atoms with Gasteiger partial charge in [0.2, 0.25) is 0 Å². The molecule has 7 nitrogen and oxygen atoms in total. The molecule has 0 aromatic heterocycles. The van der Waals surface area contributed by atoms with Gasteiger partial charge in [0.15, 0.2) is 0 Å². The van der Waals surface area contributed by atoms with Crippen molar-refractivity contribution < 1.29 is 23.8 Å². The Bertz CT molecular complexity index is 952. The highest BCUT2D eigenvalue weighted by molar-refractivity contribution is 5.95. The van der Waals surface area contributed by atoms with Crippen LogP contribution < -0.4 is 14.8 Å². The molecule has 2 aromatic rings. The molecule has 1 N–H and O–H groups in total. The summed E-state index contributed by atoms with van der Waals surface area (Å²) in [6.45, 7) is 3.98. The van der Waals surface area contributed by atoms with E-state index in [9.17, 15) is 9.59 Å². The summed E-state index contributed by atoms with van der Waals surface area (Å²) >= 11 is 0. The van der Waals surface area contributed by atoms with Crippen molar-refractivity contribution in [3.63, 3.8) is 0 Å². The van der Waals surface area contributed by atoms with E-state index in [-0.39, 0.29) is 19.2 Å². The van der Waals surface area contributed by atoms with Crippen molar-refractivity contribution in [3.8, 4) is 11.5 Å². The first-order valence-electron chi connectivity index (χ1n) is 9.73. The predicted molar refractivity (Wildman–Crippen MR) is 112 cm³/mol. The molecule has 1 atom stereocenters. The first kappa shape index (κ1) is 21.2. The minimum Gasteiger partial charge on any atom is -0.496 e. The van der Waals surface area contributed by atoms with E-state index in [4.69, 9.17) is 14.2 Å². The lowest BCUT2D eigenvalue weighted by Crippen LogP contribution is -2.48. The largest absolute Gasteiger partial charge is 0.496 e. The molecule has 3 rings (SSSR count). The third-order valence-electron chi connectivity index (χ3n) is 4.92. The molecule has 0 aliphatic carbocycles. The molecule has 0 fully saturated rings. The van der Waals surface area contributed by atoms with Crippen LogP contribution in [0.15, 0.2) is 59.8 Å². The van der Waals surface area contributed by atoms with E-state index in [1.165, 1.54) is 4.90 Å². The summed E-state index contributed by atoms with van der Waals surface area (Å²) in [5.74, 6) is 0.695. The summed E-state index contributed by atoms with van der Waals surface area (Å²) in [6, 6.07) is 13.7. The number of hydrogen-bond donors (Lipinski definition) is 1. The maximum atomic E-state index is 12.9. The predicted octanol–water partition coefficient (Wildman–Crippen LogP) is 3.60. The van der Waals surface area contributed by atoms with Crippen molar-refractivity contribution in [2.24, 2.45) is 0 Å². The normalized spacial score (nSPS) is 16.2. The SMILES string of the molecule is CCOC(=O)C1=C(COc2ccc(C)cc2)N(C)C(=O)NC1c1ccccc1OC. The lowest BCUT2D eigenvalue weighted by molar-refractivity contribution is -0.139. The van der Waals surface area contributed by atoms with Crippen LogP contribution >= 0.6 is 0 Å². The van der Waals surface area contributed by atoms with Crippen LogP contribution in [0.25, 0.3) is 0 Å². The lowest BCUT2D eigenvalue weighted by Gasteiger charge is -2.34. The average molecular weight is 410 g/mol. The number of methoxy groups -OCH3 is 1. The molecule has 0 saturated heterocycles.